The summed E-state index contributed by atoms with van der Waals surface area (Å²) in [5.41, 5.74) is 1.59. The van der Waals surface area contributed by atoms with Gasteiger partial charge in [-0.1, -0.05) is 110 Å². The van der Waals surface area contributed by atoms with Crippen LogP contribution in [0.2, 0.25) is 0 Å². The number of amides is 1. The normalized spacial score (nSPS) is 11.9. The second kappa shape index (κ2) is 32.7. The van der Waals surface area contributed by atoms with Crippen LogP contribution in [0.4, 0.5) is 0 Å². The minimum absolute atomic E-state index is 0.0278. The number of likely N-dealkylation sites (N-methyl/N-ethyl adjacent to an activating group) is 1. The minimum Gasteiger partial charge on any atom is -0.464 e. The van der Waals surface area contributed by atoms with Crippen LogP contribution in [-0.2, 0) is 14.3 Å². The monoisotopic (exact) mass is 554 g/mol. The Morgan fingerprint density at radius 2 is 1.31 bits per heavy atom. The molecule has 0 aromatic heterocycles. The number of nitrogens with one attached hydrogen (secondary N) is 2. The molecule has 0 bridgehead atoms. The molecule has 1 saturated carbocycles. The Morgan fingerprint density at radius 1 is 0.769 bits per heavy atom. The number of hydrogen-bond acceptors (Lipinski definition) is 5. The predicted molar refractivity (Wildman–Crippen MR) is 169 cm³/mol. The largest absolute Gasteiger partial charge is 0.464 e. The molecule has 0 spiro atoms. The van der Waals surface area contributed by atoms with Crippen molar-refractivity contribution < 1.29 is 14.3 Å². The molecule has 0 atom stereocenters. The molecule has 1 aliphatic rings. The smallest absolute Gasteiger partial charge is 0.305 e. The van der Waals surface area contributed by atoms with Crippen LogP contribution < -0.4 is 10.6 Å². The van der Waals surface area contributed by atoms with E-state index in [1.807, 2.05) is 20.8 Å². The lowest BCUT2D eigenvalue weighted by Gasteiger charge is -2.16. The molecule has 6 heteroatoms. The highest BCUT2D eigenvalue weighted by atomic mass is 16.5. The number of unbranched alkanes of at least 4 members (excludes halogenated alkanes) is 12. The maximum Gasteiger partial charge on any atom is 0.305 e. The second-order valence-corrected chi connectivity index (χ2v) is 10.7. The van der Waals surface area contributed by atoms with Gasteiger partial charge in [0.15, 0.2) is 0 Å². The van der Waals surface area contributed by atoms with E-state index in [9.17, 15) is 9.59 Å². The standard InChI is InChI=1S/C22H43NO3.C9H18N2.C2H6/c1-3-5-6-7-8-9-10-11-12-13-14-15-16-18-22(25)26-20-19-23-21(24)17-4-2;1-11(2)7-6-10-8-9-4-3-5-9;1-2/h3-20H2,1-2H3,(H,23,24);8,10H,3-7H2,1-2H3;1-2H3. The minimum atomic E-state index is -0.141. The number of nitrogens with zero attached hydrogens (tertiary/aromatic N) is 1. The molecular formula is C33H67N3O3. The van der Waals surface area contributed by atoms with Gasteiger partial charge in [-0.05, 0) is 52.4 Å². The van der Waals surface area contributed by atoms with Crippen LogP contribution in [0.5, 0.6) is 0 Å². The van der Waals surface area contributed by atoms with Gasteiger partial charge < -0.3 is 20.3 Å². The maximum absolute atomic E-state index is 11.6. The molecule has 2 N–H and O–H groups in total. The van der Waals surface area contributed by atoms with Gasteiger partial charge in [0, 0.05) is 25.9 Å². The average molecular weight is 554 g/mol. The molecule has 232 valence electrons. The highest BCUT2D eigenvalue weighted by Crippen LogP contribution is 2.23. The number of hydrogen-bond donors (Lipinski definition) is 2. The van der Waals surface area contributed by atoms with Gasteiger partial charge in [-0.15, -0.1) is 0 Å². The zero-order valence-corrected chi connectivity index (χ0v) is 27.0. The second-order valence-electron chi connectivity index (χ2n) is 10.7. The van der Waals surface area contributed by atoms with Gasteiger partial charge in [0.05, 0.1) is 6.54 Å². The summed E-state index contributed by atoms with van der Waals surface area (Å²) in [5, 5.41) is 6.06. The molecule has 1 fully saturated rings. The third-order valence-electron chi connectivity index (χ3n) is 6.65. The molecule has 39 heavy (non-hydrogen) atoms. The van der Waals surface area contributed by atoms with Crippen molar-refractivity contribution in [3.63, 3.8) is 0 Å². The summed E-state index contributed by atoms with van der Waals surface area (Å²) >= 11 is 0. The topological polar surface area (TPSA) is 70.7 Å². The van der Waals surface area contributed by atoms with E-state index in [1.54, 1.807) is 5.57 Å². The summed E-state index contributed by atoms with van der Waals surface area (Å²) in [6.45, 7) is 11.1. The molecule has 0 heterocycles. The Kier molecular flexibility index (Phi) is 33.1. The maximum atomic E-state index is 11.6. The number of rotatable bonds is 23. The van der Waals surface area contributed by atoms with Crippen LogP contribution in [0, 0.1) is 0 Å². The third kappa shape index (κ3) is 32.5. The molecular weight excluding hydrogens is 486 g/mol. The number of esters is 1. The van der Waals surface area contributed by atoms with Crippen LogP contribution in [-0.4, -0.2) is 57.1 Å². The molecule has 1 amide bonds. The highest BCUT2D eigenvalue weighted by Gasteiger charge is 2.06. The van der Waals surface area contributed by atoms with Crippen molar-refractivity contribution in [3.05, 3.63) is 11.8 Å². The zero-order valence-electron chi connectivity index (χ0n) is 27.0. The van der Waals surface area contributed by atoms with E-state index in [1.165, 1.54) is 89.9 Å². The van der Waals surface area contributed by atoms with Gasteiger partial charge in [0.25, 0.3) is 0 Å². The molecule has 0 saturated heterocycles. The van der Waals surface area contributed by atoms with Crippen molar-refractivity contribution >= 4 is 11.9 Å². The molecule has 1 rings (SSSR count). The summed E-state index contributed by atoms with van der Waals surface area (Å²) in [6, 6.07) is 0. The number of carbonyl (C=O) groups excluding carboxylic acids is 2. The van der Waals surface area contributed by atoms with Crippen LogP contribution >= 0.6 is 0 Å². The number of allylic oxidation sites excluding steroid dienone is 1. The molecule has 0 aromatic carbocycles. The summed E-state index contributed by atoms with van der Waals surface area (Å²) < 4.78 is 5.12. The molecule has 0 aliphatic heterocycles. The third-order valence-corrected chi connectivity index (χ3v) is 6.65. The Bertz CT molecular complexity index is 558. The Morgan fingerprint density at radius 3 is 1.77 bits per heavy atom. The van der Waals surface area contributed by atoms with Crippen molar-refractivity contribution in [2.45, 2.75) is 150 Å². The van der Waals surface area contributed by atoms with Gasteiger partial charge in [0.1, 0.15) is 6.61 Å². The lowest BCUT2D eigenvalue weighted by Crippen LogP contribution is -2.27. The summed E-state index contributed by atoms with van der Waals surface area (Å²) in [6.07, 6.45) is 25.0. The Labute approximate surface area is 243 Å². The number of ether oxygens (including phenoxy) is 1. The Hall–Kier alpha value is -1.56. The van der Waals surface area contributed by atoms with E-state index >= 15 is 0 Å². The summed E-state index contributed by atoms with van der Waals surface area (Å²) in [7, 11) is 4.19. The Balaban J connectivity index is 0. The van der Waals surface area contributed by atoms with Crippen molar-refractivity contribution in [3.8, 4) is 0 Å². The zero-order chi connectivity index (χ0) is 29.4. The van der Waals surface area contributed by atoms with E-state index in [2.05, 4.69) is 42.8 Å². The van der Waals surface area contributed by atoms with Gasteiger partial charge in [-0.2, -0.15) is 0 Å². The SMILES string of the molecule is CC.CCCCCCCCCCCCCCCC(=O)OCCNC(=O)CCC.CN(C)CCNC=C1CCC1. The van der Waals surface area contributed by atoms with Crippen LogP contribution in [0.3, 0.4) is 0 Å². The fourth-order valence-electron chi connectivity index (χ4n) is 4.06. The van der Waals surface area contributed by atoms with Gasteiger partial charge in [-0.3, -0.25) is 9.59 Å². The van der Waals surface area contributed by atoms with Crippen molar-refractivity contribution in [2.75, 3.05) is 40.3 Å². The highest BCUT2D eigenvalue weighted by molar-refractivity contribution is 5.75. The van der Waals surface area contributed by atoms with E-state index in [4.69, 9.17) is 4.74 Å². The van der Waals surface area contributed by atoms with Gasteiger partial charge in [0.2, 0.25) is 5.91 Å². The van der Waals surface area contributed by atoms with E-state index < -0.39 is 0 Å². The quantitative estimate of drug-likeness (QED) is 0.0986. The van der Waals surface area contributed by atoms with Crippen LogP contribution in [0.1, 0.15) is 150 Å². The fraction of sp³-hybridized carbons (Fsp3) is 0.879. The van der Waals surface area contributed by atoms with Crippen molar-refractivity contribution in [1.82, 2.24) is 15.5 Å². The molecule has 6 nitrogen and oxygen atoms in total. The summed E-state index contributed by atoms with van der Waals surface area (Å²) in [4.78, 5) is 25.0. The molecule has 0 radical (unpaired) electrons. The van der Waals surface area contributed by atoms with E-state index in [-0.39, 0.29) is 18.5 Å². The molecule has 0 unspecified atom stereocenters. The van der Waals surface area contributed by atoms with E-state index in [0.29, 0.717) is 19.4 Å². The summed E-state index contributed by atoms with van der Waals surface area (Å²) in [5.74, 6) is -0.113. The van der Waals surface area contributed by atoms with Crippen molar-refractivity contribution in [2.24, 2.45) is 0 Å². The van der Waals surface area contributed by atoms with E-state index in [0.717, 1.165) is 32.4 Å². The van der Waals surface area contributed by atoms with Crippen LogP contribution in [0.25, 0.3) is 0 Å². The first kappa shape index (κ1) is 39.6. The lowest BCUT2D eigenvalue weighted by atomic mass is 9.94. The lowest BCUT2D eigenvalue weighted by molar-refractivity contribution is -0.144. The first-order valence-corrected chi connectivity index (χ1v) is 16.5. The first-order valence-electron chi connectivity index (χ1n) is 16.5. The van der Waals surface area contributed by atoms with Gasteiger partial charge >= 0.3 is 5.97 Å². The average Bonchev–Trinajstić information content (AvgIpc) is 2.90. The predicted octanol–water partition coefficient (Wildman–Crippen LogP) is 8.16. The number of carbonyl (C=O) groups is 2. The van der Waals surface area contributed by atoms with Crippen molar-refractivity contribution in [1.29, 1.82) is 0 Å². The fourth-order valence-corrected chi connectivity index (χ4v) is 4.06. The van der Waals surface area contributed by atoms with Gasteiger partial charge in [-0.25, -0.2) is 0 Å². The van der Waals surface area contributed by atoms with Crippen LogP contribution in [0.15, 0.2) is 11.8 Å². The first-order chi connectivity index (χ1) is 19.0. The molecule has 1 aliphatic carbocycles. The molecule has 0 aromatic rings.